The average molecular weight is 1050 g/mol. The number of hydrogen-bond donors (Lipinski definition) is 6. The zero-order chi connectivity index (χ0) is 52.4. The smallest absolute Gasteiger partial charge is 0.317 e. The molecule has 3 aliphatic heterocycles. The number of nitrogens with zero attached hydrogens (tertiary/aromatic N) is 6. The van der Waals surface area contributed by atoms with Crippen LogP contribution in [-0.2, 0) is 35.3 Å². The molecule has 0 aliphatic carbocycles. The van der Waals surface area contributed by atoms with Gasteiger partial charge in [0, 0.05) is 103 Å². The van der Waals surface area contributed by atoms with Crippen LogP contribution in [0, 0.1) is 5.92 Å². The van der Waals surface area contributed by atoms with E-state index in [0.29, 0.717) is 108 Å². The summed E-state index contributed by atoms with van der Waals surface area (Å²) < 4.78 is 19.6. The lowest BCUT2D eigenvalue weighted by Crippen LogP contribution is -2.55. The highest BCUT2D eigenvalue weighted by Crippen LogP contribution is 2.47. The Morgan fingerprint density at radius 1 is 0.822 bits per heavy atom. The van der Waals surface area contributed by atoms with Crippen LogP contribution in [0.25, 0.3) is 28.1 Å². The van der Waals surface area contributed by atoms with Crippen LogP contribution < -0.4 is 25.4 Å². The van der Waals surface area contributed by atoms with E-state index in [2.05, 4.69) is 16.0 Å². The number of anilines is 1. The number of likely N-dealkylation sites (tertiary alicyclic amines) is 1. The zero-order valence-electron chi connectivity index (χ0n) is 41.0. The van der Waals surface area contributed by atoms with Gasteiger partial charge < -0.3 is 55.3 Å². The zero-order valence-corrected chi connectivity index (χ0v) is 42.5. The van der Waals surface area contributed by atoms with Crippen molar-refractivity contribution in [3.05, 3.63) is 75.9 Å². The molecule has 0 atom stereocenters. The molecule has 0 unspecified atom stereocenters. The van der Waals surface area contributed by atoms with Gasteiger partial charge in [-0.1, -0.05) is 35.3 Å². The van der Waals surface area contributed by atoms with Crippen molar-refractivity contribution < 1.29 is 58.3 Å². The van der Waals surface area contributed by atoms with Crippen LogP contribution in [0.15, 0.2) is 54.6 Å². The number of morpholine rings is 1. The number of carboxylic acid groups (broad SMARTS) is 3. The molecular weight excluding hydrogens is 990 g/mol. The van der Waals surface area contributed by atoms with Crippen molar-refractivity contribution in [2.75, 3.05) is 111 Å². The van der Waals surface area contributed by atoms with E-state index < -0.39 is 23.4 Å². The largest absolute Gasteiger partial charge is 0.496 e. The van der Waals surface area contributed by atoms with Gasteiger partial charge in [0.15, 0.2) is 5.69 Å². The molecular formula is C50H61Cl2N9O12. The number of ether oxygens (including phenoxy) is 3. The fraction of sp³-hybridized carbons (Fsp3) is 0.460. The van der Waals surface area contributed by atoms with Gasteiger partial charge in [-0.15, -0.1) is 0 Å². The molecule has 3 aliphatic rings. The Hall–Kier alpha value is -6.33. The third-order valence-electron chi connectivity index (χ3n) is 13.0. The first kappa shape index (κ1) is 54.4. The monoisotopic (exact) mass is 1050 g/mol. The summed E-state index contributed by atoms with van der Waals surface area (Å²) >= 11 is 13.0. The summed E-state index contributed by atoms with van der Waals surface area (Å²) in [4.78, 5) is 81.8. The molecule has 4 aromatic rings. The molecule has 0 saturated carbocycles. The minimum Gasteiger partial charge on any atom is -0.496 e. The van der Waals surface area contributed by atoms with Crippen LogP contribution in [0.5, 0.6) is 11.5 Å². The number of carboxylic acids is 3. The van der Waals surface area contributed by atoms with Crippen LogP contribution >= 0.6 is 23.2 Å². The second-order valence-corrected chi connectivity index (χ2v) is 19.6. The standard InChI is InChI=1S/C50H61Cl2N9O12/c1-50(2)30-72-18-17-60(50)49(70)46-39-29-73-41-24-40(71-3)37(23-38(41)47(39)61(56-46)36-21-33(51)20-34(52)22-36)32-5-4-6-35(19-32)55-48(69)31-7-11-59(12-8-31)42(62)25-53-9-13-57(27-44(65)66)15-16-58(28-45(67)68)14-10-54-26-43(63)64/h4-6,19-24,31,53-54H,7-18,25-30H2,1-3H3,(H,55,69)(H,63,64)(H,65,66)(H,67,68). The number of aromatic nitrogens is 2. The average Bonchev–Trinajstić information content (AvgIpc) is 3.74. The number of hydrogen-bond acceptors (Lipinski definition) is 14. The lowest BCUT2D eigenvalue weighted by molar-refractivity contribution is -0.140. The van der Waals surface area contributed by atoms with Crippen LogP contribution in [-0.4, -0.2) is 191 Å². The van der Waals surface area contributed by atoms with Gasteiger partial charge in [0.05, 0.1) is 63.4 Å². The molecule has 0 bridgehead atoms. The number of carbonyl (C=O) groups excluding carboxylic acids is 3. The number of carbonyl (C=O) groups is 6. The Morgan fingerprint density at radius 2 is 1.48 bits per heavy atom. The first-order chi connectivity index (χ1) is 34.9. The van der Waals surface area contributed by atoms with Crippen molar-refractivity contribution in [1.29, 1.82) is 0 Å². The van der Waals surface area contributed by atoms with E-state index in [-0.39, 0.29) is 94.8 Å². The van der Waals surface area contributed by atoms with Gasteiger partial charge in [0.25, 0.3) is 5.91 Å². The topological polar surface area (TPSA) is 258 Å². The third-order valence-corrected chi connectivity index (χ3v) is 13.4. The van der Waals surface area contributed by atoms with Crippen LogP contribution in [0.1, 0.15) is 42.7 Å². The van der Waals surface area contributed by atoms with Crippen molar-refractivity contribution in [2.45, 2.75) is 38.8 Å². The van der Waals surface area contributed by atoms with Crippen molar-refractivity contribution in [3.8, 4) is 39.6 Å². The Labute approximate surface area is 432 Å². The summed E-state index contributed by atoms with van der Waals surface area (Å²) in [6.45, 7) is 6.57. The number of halogens is 2. The van der Waals surface area contributed by atoms with E-state index in [1.807, 2.05) is 38.1 Å². The van der Waals surface area contributed by atoms with Gasteiger partial charge in [0.1, 0.15) is 18.1 Å². The molecule has 73 heavy (non-hydrogen) atoms. The summed E-state index contributed by atoms with van der Waals surface area (Å²) in [7, 11) is 1.56. The molecule has 3 aromatic carbocycles. The van der Waals surface area contributed by atoms with E-state index in [9.17, 15) is 39.0 Å². The van der Waals surface area contributed by atoms with E-state index in [1.54, 1.807) is 61.7 Å². The minimum atomic E-state index is -1.06. The lowest BCUT2D eigenvalue weighted by Gasteiger charge is -2.41. The highest BCUT2D eigenvalue weighted by molar-refractivity contribution is 6.34. The molecule has 23 heteroatoms. The fourth-order valence-electron chi connectivity index (χ4n) is 9.24. The molecule has 1 aromatic heterocycles. The number of piperidine rings is 1. The van der Waals surface area contributed by atoms with E-state index >= 15 is 0 Å². The van der Waals surface area contributed by atoms with Crippen molar-refractivity contribution in [2.24, 2.45) is 5.92 Å². The molecule has 392 valence electrons. The number of methoxy groups -OCH3 is 1. The predicted octanol–water partition coefficient (Wildman–Crippen LogP) is 3.88. The summed E-state index contributed by atoms with van der Waals surface area (Å²) in [6, 6.07) is 16.2. The maximum Gasteiger partial charge on any atom is 0.317 e. The maximum atomic E-state index is 14.4. The van der Waals surface area contributed by atoms with Gasteiger partial charge in [-0.3, -0.25) is 38.6 Å². The van der Waals surface area contributed by atoms with E-state index in [1.165, 1.54) is 0 Å². The fourth-order valence-corrected chi connectivity index (χ4v) is 9.75. The summed E-state index contributed by atoms with van der Waals surface area (Å²) in [5, 5.41) is 42.2. The molecule has 2 saturated heterocycles. The summed E-state index contributed by atoms with van der Waals surface area (Å²) in [5.41, 5.74) is 4.04. The molecule has 4 heterocycles. The van der Waals surface area contributed by atoms with E-state index in [4.69, 9.17) is 47.6 Å². The van der Waals surface area contributed by atoms with Gasteiger partial charge in [-0.25, -0.2) is 4.68 Å². The Bertz CT molecular complexity index is 2670. The minimum absolute atomic E-state index is 0.00785. The highest BCUT2D eigenvalue weighted by Gasteiger charge is 2.39. The number of aliphatic carboxylic acids is 3. The lowest BCUT2D eigenvalue weighted by atomic mass is 9.94. The number of fused-ring (bicyclic) bond motifs is 3. The number of benzene rings is 3. The first-order valence-corrected chi connectivity index (χ1v) is 24.7. The predicted molar refractivity (Wildman–Crippen MR) is 271 cm³/mol. The van der Waals surface area contributed by atoms with Gasteiger partial charge in [0.2, 0.25) is 11.8 Å². The van der Waals surface area contributed by atoms with Crippen LogP contribution in [0.2, 0.25) is 10.0 Å². The third kappa shape index (κ3) is 14.0. The second-order valence-electron chi connectivity index (χ2n) is 18.7. The Morgan fingerprint density at radius 3 is 2.10 bits per heavy atom. The quantitative estimate of drug-likeness (QED) is 0.0576. The maximum absolute atomic E-state index is 14.4. The van der Waals surface area contributed by atoms with Crippen LogP contribution in [0.4, 0.5) is 5.69 Å². The molecule has 0 spiro atoms. The molecule has 6 N–H and O–H groups in total. The number of nitrogens with one attached hydrogen (secondary N) is 3. The Kier molecular flexibility index (Phi) is 18.3. The van der Waals surface area contributed by atoms with Crippen molar-refractivity contribution in [3.63, 3.8) is 0 Å². The Balaban J connectivity index is 0.981. The first-order valence-electron chi connectivity index (χ1n) is 23.9. The van der Waals surface area contributed by atoms with Gasteiger partial charge in [-0.05, 0) is 68.7 Å². The summed E-state index contributed by atoms with van der Waals surface area (Å²) in [5.74, 6) is -3.08. The van der Waals surface area contributed by atoms with E-state index in [0.717, 1.165) is 5.56 Å². The normalized spacial score (nSPS) is 15.4. The molecule has 0 radical (unpaired) electrons. The highest BCUT2D eigenvalue weighted by atomic mass is 35.5. The second kappa shape index (κ2) is 24.6. The molecule has 7 rings (SSSR count). The molecule has 3 amide bonds. The van der Waals surface area contributed by atoms with Gasteiger partial charge in [-0.2, -0.15) is 5.10 Å². The number of rotatable bonds is 23. The van der Waals surface area contributed by atoms with Crippen LogP contribution in [0.3, 0.4) is 0 Å². The van der Waals surface area contributed by atoms with Gasteiger partial charge >= 0.3 is 17.9 Å². The summed E-state index contributed by atoms with van der Waals surface area (Å²) in [6.07, 6.45) is 0.894. The van der Waals surface area contributed by atoms with Crippen molar-refractivity contribution >= 4 is 64.5 Å². The van der Waals surface area contributed by atoms with Crippen molar-refractivity contribution in [1.82, 2.24) is 40.0 Å². The number of amides is 3. The molecule has 2 fully saturated rings. The SMILES string of the molecule is COc1cc2c(cc1-c1cccc(NC(=O)C3CCN(C(=O)CNCCN(CCN(CCNCC(=O)O)CC(=O)O)CC(=O)O)CC3)c1)-c1c(c(C(=O)N3CCOCC3(C)C)nn1-c1cc(Cl)cc(Cl)c1)CO2. The molecule has 21 nitrogen and oxygen atoms in total.